The van der Waals surface area contributed by atoms with Crippen molar-refractivity contribution >= 4 is 22.6 Å². The predicted molar refractivity (Wildman–Crippen MR) is 91.8 cm³/mol. The van der Waals surface area contributed by atoms with Crippen LogP contribution >= 0.6 is 0 Å². The number of anilines is 1. The number of nitrogens with one attached hydrogen (secondary N) is 1. The molecule has 0 atom stereocenters. The van der Waals surface area contributed by atoms with E-state index in [2.05, 4.69) is 22.3 Å². The van der Waals surface area contributed by atoms with Crippen molar-refractivity contribution in [1.82, 2.24) is 19.3 Å². The Balaban J connectivity index is 1.65. The van der Waals surface area contributed by atoms with E-state index < -0.39 is 0 Å². The maximum atomic E-state index is 12.3. The van der Waals surface area contributed by atoms with Crippen LogP contribution in [0.4, 0.5) is 5.69 Å². The highest BCUT2D eigenvalue weighted by atomic mass is 16.2. The van der Waals surface area contributed by atoms with E-state index in [4.69, 9.17) is 0 Å². The van der Waals surface area contributed by atoms with Gasteiger partial charge in [0, 0.05) is 25.7 Å². The number of hydrogen-bond donors (Lipinski definition) is 1. The zero-order valence-electron chi connectivity index (χ0n) is 13.7. The van der Waals surface area contributed by atoms with Gasteiger partial charge in [-0.05, 0) is 24.1 Å². The van der Waals surface area contributed by atoms with Crippen molar-refractivity contribution in [3.8, 4) is 0 Å². The van der Waals surface area contributed by atoms with E-state index >= 15 is 0 Å². The first-order valence-corrected chi connectivity index (χ1v) is 7.84. The summed E-state index contributed by atoms with van der Waals surface area (Å²) in [7, 11) is 1.73. The molecule has 1 N–H and O–H groups in total. The normalized spacial score (nSPS) is 10.9. The van der Waals surface area contributed by atoms with Gasteiger partial charge in [0.1, 0.15) is 5.39 Å². The summed E-state index contributed by atoms with van der Waals surface area (Å²) in [6.07, 6.45) is 4.11. The molecular formula is C17H19N5O2. The molecule has 3 aromatic rings. The second kappa shape index (κ2) is 6.66. The van der Waals surface area contributed by atoms with Crippen LogP contribution < -0.4 is 10.9 Å². The van der Waals surface area contributed by atoms with Crippen molar-refractivity contribution in [1.29, 1.82) is 0 Å². The highest BCUT2D eigenvalue weighted by molar-refractivity contribution is 5.90. The molecule has 24 heavy (non-hydrogen) atoms. The average Bonchev–Trinajstić information content (AvgIpc) is 2.97. The van der Waals surface area contributed by atoms with Crippen LogP contribution in [-0.2, 0) is 24.8 Å². The Morgan fingerprint density at radius 3 is 2.71 bits per heavy atom. The summed E-state index contributed by atoms with van der Waals surface area (Å²) >= 11 is 0. The molecule has 1 aromatic carbocycles. The number of hydrogen-bond acceptors (Lipinski definition) is 4. The fourth-order valence-electron chi connectivity index (χ4n) is 2.50. The number of fused-ring (bicyclic) bond motifs is 1. The lowest BCUT2D eigenvalue weighted by molar-refractivity contribution is -0.116. The molecule has 3 rings (SSSR count). The number of nitrogens with zero attached hydrogens (tertiary/aromatic N) is 4. The van der Waals surface area contributed by atoms with Gasteiger partial charge in [-0.25, -0.2) is 4.98 Å². The van der Waals surface area contributed by atoms with Crippen molar-refractivity contribution in [2.45, 2.75) is 26.3 Å². The lowest BCUT2D eigenvalue weighted by atomic mass is 10.1. The third-order valence-electron chi connectivity index (χ3n) is 3.94. The quantitative estimate of drug-likeness (QED) is 0.774. The molecule has 0 aliphatic heterocycles. The molecular weight excluding hydrogens is 306 g/mol. The molecule has 0 unspecified atom stereocenters. The van der Waals surface area contributed by atoms with Crippen molar-refractivity contribution in [3.05, 3.63) is 52.7 Å². The Bertz CT molecular complexity index is 924. The summed E-state index contributed by atoms with van der Waals surface area (Å²) in [5.41, 5.74) is 2.32. The summed E-state index contributed by atoms with van der Waals surface area (Å²) in [5, 5.41) is 7.31. The van der Waals surface area contributed by atoms with E-state index in [0.29, 0.717) is 11.0 Å². The smallest absolute Gasteiger partial charge is 0.264 e. The standard InChI is InChI=1S/C17H19N5O2/c1-3-12-4-6-13(7-5-12)20-15(23)8-9-22-11-18-16-14(17(22)24)10-19-21(16)2/h4-7,10-11H,3,8-9H2,1-2H3,(H,20,23). The monoisotopic (exact) mass is 325 g/mol. The molecule has 2 heterocycles. The summed E-state index contributed by atoms with van der Waals surface area (Å²) in [4.78, 5) is 28.6. The molecule has 0 aliphatic rings. The molecule has 1 amide bonds. The van der Waals surface area contributed by atoms with Gasteiger partial charge in [0.25, 0.3) is 5.56 Å². The first-order chi connectivity index (χ1) is 11.6. The van der Waals surface area contributed by atoms with Crippen LogP contribution in [0, 0.1) is 0 Å². The Kier molecular flexibility index (Phi) is 4.41. The fourth-order valence-corrected chi connectivity index (χ4v) is 2.50. The van der Waals surface area contributed by atoms with Gasteiger partial charge < -0.3 is 5.32 Å². The Morgan fingerprint density at radius 2 is 2.00 bits per heavy atom. The number of rotatable bonds is 5. The number of carbonyl (C=O) groups is 1. The summed E-state index contributed by atoms with van der Waals surface area (Å²) < 4.78 is 2.98. The van der Waals surface area contributed by atoms with Crippen LogP contribution in [-0.4, -0.2) is 25.2 Å². The first-order valence-electron chi connectivity index (χ1n) is 7.84. The van der Waals surface area contributed by atoms with Crippen molar-refractivity contribution in [2.24, 2.45) is 7.05 Å². The topological polar surface area (TPSA) is 81.8 Å². The molecule has 7 nitrogen and oxygen atoms in total. The predicted octanol–water partition coefficient (Wildman–Crippen LogP) is 1.72. The first kappa shape index (κ1) is 15.9. The van der Waals surface area contributed by atoms with Crippen LogP contribution in [0.15, 0.2) is 41.6 Å². The lowest BCUT2D eigenvalue weighted by Crippen LogP contribution is -2.23. The van der Waals surface area contributed by atoms with Crippen LogP contribution in [0.25, 0.3) is 11.0 Å². The molecule has 2 aromatic heterocycles. The molecule has 7 heteroatoms. The van der Waals surface area contributed by atoms with Gasteiger partial charge in [-0.15, -0.1) is 0 Å². The highest BCUT2D eigenvalue weighted by Crippen LogP contribution is 2.10. The van der Waals surface area contributed by atoms with Crippen molar-refractivity contribution < 1.29 is 4.79 Å². The highest BCUT2D eigenvalue weighted by Gasteiger charge is 2.09. The van der Waals surface area contributed by atoms with Gasteiger partial charge in [0.05, 0.1) is 12.5 Å². The van der Waals surface area contributed by atoms with Gasteiger partial charge in [0.15, 0.2) is 5.65 Å². The second-order valence-electron chi connectivity index (χ2n) is 5.60. The largest absolute Gasteiger partial charge is 0.326 e. The summed E-state index contributed by atoms with van der Waals surface area (Å²) in [6.45, 7) is 2.36. The maximum Gasteiger partial charge on any atom is 0.264 e. The molecule has 0 bridgehead atoms. The van der Waals surface area contributed by atoms with E-state index in [9.17, 15) is 9.59 Å². The van der Waals surface area contributed by atoms with Gasteiger partial charge in [0.2, 0.25) is 5.91 Å². The number of amides is 1. The number of aromatic nitrogens is 4. The van der Waals surface area contributed by atoms with Crippen LogP contribution in [0.2, 0.25) is 0 Å². The average molecular weight is 325 g/mol. The van der Waals surface area contributed by atoms with Crippen molar-refractivity contribution in [3.63, 3.8) is 0 Å². The van der Waals surface area contributed by atoms with E-state index in [0.717, 1.165) is 12.1 Å². The number of benzene rings is 1. The van der Waals surface area contributed by atoms with Crippen molar-refractivity contribution in [2.75, 3.05) is 5.32 Å². The van der Waals surface area contributed by atoms with Crippen LogP contribution in [0.5, 0.6) is 0 Å². The van der Waals surface area contributed by atoms with Gasteiger partial charge >= 0.3 is 0 Å². The van der Waals surface area contributed by atoms with E-state index in [1.165, 1.54) is 22.7 Å². The molecule has 0 radical (unpaired) electrons. The van der Waals surface area contributed by atoms with Crippen LogP contribution in [0.1, 0.15) is 18.9 Å². The minimum absolute atomic E-state index is 0.141. The van der Waals surface area contributed by atoms with Crippen LogP contribution in [0.3, 0.4) is 0 Å². The van der Waals surface area contributed by atoms with Gasteiger partial charge in [-0.2, -0.15) is 5.10 Å². The Labute approximate surface area is 138 Å². The third kappa shape index (κ3) is 3.19. The van der Waals surface area contributed by atoms with Gasteiger partial charge in [-0.1, -0.05) is 19.1 Å². The molecule has 0 saturated carbocycles. The fraction of sp³-hybridized carbons (Fsp3) is 0.294. The maximum absolute atomic E-state index is 12.3. The summed E-state index contributed by atoms with van der Waals surface area (Å²) in [6, 6.07) is 7.74. The number of aryl methyl sites for hydroxylation is 3. The van der Waals surface area contributed by atoms with E-state index in [1.807, 2.05) is 24.3 Å². The Morgan fingerprint density at radius 1 is 1.25 bits per heavy atom. The zero-order chi connectivity index (χ0) is 17.1. The number of carbonyl (C=O) groups excluding carboxylic acids is 1. The zero-order valence-corrected chi connectivity index (χ0v) is 13.7. The van der Waals surface area contributed by atoms with E-state index in [-0.39, 0.29) is 24.4 Å². The SMILES string of the molecule is CCc1ccc(NC(=O)CCn2cnc3c(cnn3C)c2=O)cc1. The second-order valence-corrected chi connectivity index (χ2v) is 5.60. The third-order valence-corrected chi connectivity index (χ3v) is 3.94. The molecule has 124 valence electrons. The molecule has 0 spiro atoms. The lowest BCUT2D eigenvalue weighted by Gasteiger charge is -2.07. The van der Waals surface area contributed by atoms with E-state index in [1.54, 1.807) is 11.7 Å². The summed E-state index contributed by atoms with van der Waals surface area (Å²) in [5.74, 6) is -0.141. The molecule has 0 aliphatic carbocycles. The molecule has 0 saturated heterocycles. The minimum Gasteiger partial charge on any atom is -0.326 e. The Hall–Kier alpha value is -2.96. The van der Waals surface area contributed by atoms with Gasteiger partial charge in [-0.3, -0.25) is 18.8 Å². The minimum atomic E-state index is -0.187. The molecule has 0 fully saturated rings.